The Morgan fingerprint density at radius 3 is 1.10 bits per heavy atom. The van der Waals surface area contributed by atoms with E-state index in [1.807, 2.05) is 41.5 Å². The number of nitrogens with zero attached hydrogens (tertiary/aromatic N) is 1. The molecule has 0 spiro atoms. The van der Waals surface area contributed by atoms with E-state index < -0.39 is 8.80 Å². The lowest BCUT2D eigenvalue weighted by Crippen LogP contribution is -2.60. The molecule has 4 nitrogen and oxygen atoms in total. The molecule has 0 bridgehead atoms. The molecular weight excluding hydrogens is 282 g/mol. The Hall–Kier alpha value is 0.0569. The van der Waals surface area contributed by atoms with Gasteiger partial charge in [-0.15, -0.1) is 0 Å². The second-order valence-electron chi connectivity index (χ2n) is 7.04. The highest BCUT2D eigenvalue weighted by Crippen LogP contribution is 2.21. The Bertz CT molecular complexity index is 246. The maximum absolute atomic E-state index is 6.24. The fourth-order valence-corrected chi connectivity index (χ4v) is 6.18. The fraction of sp³-hybridized carbons (Fsp3) is 1.00. The molecule has 0 aromatic rings. The summed E-state index contributed by atoms with van der Waals surface area (Å²) in [5.74, 6) is 0. The van der Waals surface area contributed by atoms with Crippen molar-refractivity contribution in [2.24, 2.45) is 0 Å². The summed E-state index contributed by atoms with van der Waals surface area (Å²) in [5, 5.41) is 0. The summed E-state index contributed by atoms with van der Waals surface area (Å²) in [7, 11) is -2.75. The normalized spacial score (nSPS) is 13.7. The van der Waals surface area contributed by atoms with Gasteiger partial charge >= 0.3 is 8.80 Å². The topological polar surface area (TPSA) is 30.9 Å². The molecule has 0 unspecified atom stereocenters. The molecule has 0 heterocycles. The summed E-state index contributed by atoms with van der Waals surface area (Å²) in [6.45, 7) is 21.1. The molecule has 0 saturated carbocycles. The highest BCUT2D eigenvalue weighted by Gasteiger charge is 2.46. The molecule has 128 valence electrons. The van der Waals surface area contributed by atoms with Crippen LogP contribution in [-0.2, 0) is 13.3 Å². The molecule has 0 saturated heterocycles. The van der Waals surface area contributed by atoms with E-state index in [0.717, 1.165) is 6.17 Å². The predicted molar refractivity (Wildman–Crippen MR) is 91.4 cm³/mol. The van der Waals surface area contributed by atoms with Crippen LogP contribution in [0.5, 0.6) is 0 Å². The van der Waals surface area contributed by atoms with Crippen LogP contribution in [-0.4, -0.2) is 50.3 Å². The van der Waals surface area contributed by atoms with Gasteiger partial charge in [-0.2, -0.15) is 0 Å². The molecule has 0 radical (unpaired) electrons. The van der Waals surface area contributed by atoms with Crippen molar-refractivity contribution in [3.63, 3.8) is 0 Å². The molecule has 0 aromatic carbocycles. The van der Waals surface area contributed by atoms with Gasteiger partial charge in [0.05, 0.1) is 6.17 Å². The molecule has 0 fully saturated rings. The van der Waals surface area contributed by atoms with Gasteiger partial charge in [-0.25, -0.2) is 0 Å². The van der Waals surface area contributed by atoms with Crippen molar-refractivity contribution in [3.05, 3.63) is 0 Å². The second-order valence-corrected chi connectivity index (χ2v) is 9.43. The minimum absolute atomic E-state index is 0.0929. The van der Waals surface area contributed by atoms with Gasteiger partial charge in [-0.1, -0.05) is 0 Å². The molecule has 0 aliphatic heterocycles. The summed E-state index contributed by atoms with van der Waals surface area (Å²) in [4.78, 5) is 2.40. The van der Waals surface area contributed by atoms with Crippen LogP contribution < -0.4 is 0 Å². The lowest BCUT2D eigenvalue weighted by atomic mass is 10.2. The highest BCUT2D eigenvalue weighted by atomic mass is 28.4. The first-order valence-electron chi connectivity index (χ1n) is 8.28. The zero-order chi connectivity index (χ0) is 16.8. The summed E-state index contributed by atoms with van der Waals surface area (Å²) in [6.07, 6.45) is 1.01. The smallest absolute Gasteiger partial charge is 0.370 e. The van der Waals surface area contributed by atoms with E-state index in [-0.39, 0.29) is 18.3 Å². The molecule has 0 rings (SSSR count). The molecule has 0 atom stereocenters. The van der Waals surface area contributed by atoms with Crippen LogP contribution in [0.3, 0.4) is 0 Å². The van der Waals surface area contributed by atoms with E-state index in [1.165, 1.54) is 0 Å². The molecule has 0 N–H and O–H groups in total. The van der Waals surface area contributed by atoms with E-state index >= 15 is 0 Å². The summed E-state index contributed by atoms with van der Waals surface area (Å²) in [6, 6.07) is 0.860. The number of hydrogen-bond acceptors (Lipinski definition) is 4. The van der Waals surface area contributed by atoms with Crippen molar-refractivity contribution in [2.75, 3.05) is 6.17 Å². The molecule has 0 aliphatic rings. The molecule has 5 heteroatoms. The van der Waals surface area contributed by atoms with Gasteiger partial charge < -0.3 is 13.3 Å². The van der Waals surface area contributed by atoms with Crippen molar-refractivity contribution >= 4 is 8.80 Å². The average Bonchev–Trinajstić information content (AvgIpc) is 2.21. The molecule has 21 heavy (non-hydrogen) atoms. The van der Waals surface area contributed by atoms with Crippen LogP contribution in [0.25, 0.3) is 0 Å². The SMILES string of the molecule is CC(C)O[Si](CN(C(C)C)C(C)C)(OC(C)C)OC(C)C. The van der Waals surface area contributed by atoms with Crippen molar-refractivity contribution in [3.8, 4) is 0 Å². The summed E-state index contributed by atoms with van der Waals surface area (Å²) >= 11 is 0. The van der Waals surface area contributed by atoms with Crippen LogP contribution in [0, 0.1) is 0 Å². The zero-order valence-corrected chi connectivity index (χ0v) is 16.8. The maximum Gasteiger partial charge on any atom is 0.516 e. The zero-order valence-electron chi connectivity index (χ0n) is 15.8. The van der Waals surface area contributed by atoms with Gasteiger partial charge in [0.15, 0.2) is 0 Å². The van der Waals surface area contributed by atoms with Crippen LogP contribution in [0.2, 0.25) is 0 Å². The maximum atomic E-state index is 6.24. The van der Waals surface area contributed by atoms with E-state index in [1.54, 1.807) is 0 Å². The van der Waals surface area contributed by atoms with Crippen molar-refractivity contribution in [1.29, 1.82) is 0 Å². The average molecular weight is 320 g/mol. The molecule has 0 aliphatic carbocycles. The van der Waals surface area contributed by atoms with Gasteiger partial charge in [-0.3, -0.25) is 4.90 Å². The minimum atomic E-state index is -2.75. The van der Waals surface area contributed by atoms with Gasteiger partial charge in [0.1, 0.15) is 0 Å². The number of hydrogen-bond donors (Lipinski definition) is 0. The standard InChI is InChI=1S/C16H37NO3Si/c1-12(2)17(13(3)4)11-21(18-14(5)6,19-15(7)8)20-16(9)10/h12-16H,11H2,1-10H3. The Balaban J connectivity index is 5.38. The molecule has 0 amide bonds. The van der Waals surface area contributed by atoms with E-state index in [0.29, 0.717) is 12.1 Å². The first-order chi connectivity index (χ1) is 9.49. The van der Waals surface area contributed by atoms with Crippen LogP contribution in [0.1, 0.15) is 69.2 Å². The third kappa shape index (κ3) is 8.31. The highest BCUT2D eigenvalue weighted by molar-refractivity contribution is 6.61. The van der Waals surface area contributed by atoms with Crippen LogP contribution in [0.15, 0.2) is 0 Å². The van der Waals surface area contributed by atoms with Gasteiger partial charge in [0, 0.05) is 30.4 Å². The lowest BCUT2D eigenvalue weighted by molar-refractivity contribution is -0.0115. The Kier molecular flexibility index (Phi) is 9.28. The third-order valence-corrected chi connectivity index (χ3v) is 6.19. The second kappa shape index (κ2) is 9.25. The summed E-state index contributed by atoms with van der Waals surface area (Å²) in [5.41, 5.74) is 0. The quantitative estimate of drug-likeness (QED) is 0.572. The molecular formula is C16H37NO3Si. The fourth-order valence-electron chi connectivity index (χ4n) is 2.46. The van der Waals surface area contributed by atoms with Gasteiger partial charge in [0.25, 0.3) is 0 Å². The minimum Gasteiger partial charge on any atom is -0.370 e. The van der Waals surface area contributed by atoms with Crippen LogP contribution in [0.4, 0.5) is 0 Å². The Morgan fingerprint density at radius 2 is 0.905 bits per heavy atom. The van der Waals surface area contributed by atoms with Crippen molar-refractivity contribution in [1.82, 2.24) is 4.90 Å². The Morgan fingerprint density at radius 1 is 0.619 bits per heavy atom. The lowest BCUT2D eigenvalue weighted by Gasteiger charge is -2.40. The predicted octanol–water partition coefficient (Wildman–Crippen LogP) is 3.86. The molecule has 0 aromatic heterocycles. The van der Waals surface area contributed by atoms with E-state index in [9.17, 15) is 0 Å². The van der Waals surface area contributed by atoms with Gasteiger partial charge in [-0.05, 0) is 69.2 Å². The van der Waals surface area contributed by atoms with Crippen molar-refractivity contribution in [2.45, 2.75) is 99.6 Å². The monoisotopic (exact) mass is 319 g/mol. The van der Waals surface area contributed by atoms with Crippen LogP contribution >= 0.6 is 0 Å². The van der Waals surface area contributed by atoms with Crippen molar-refractivity contribution < 1.29 is 13.3 Å². The third-order valence-electron chi connectivity index (χ3n) is 2.95. The van der Waals surface area contributed by atoms with E-state index in [2.05, 4.69) is 32.6 Å². The number of rotatable bonds is 10. The van der Waals surface area contributed by atoms with E-state index in [4.69, 9.17) is 13.3 Å². The largest absolute Gasteiger partial charge is 0.516 e. The van der Waals surface area contributed by atoms with Gasteiger partial charge in [0.2, 0.25) is 0 Å². The summed E-state index contributed by atoms with van der Waals surface area (Å²) < 4.78 is 18.7. The Labute approximate surface area is 133 Å². The first kappa shape index (κ1) is 21.1. The first-order valence-corrected chi connectivity index (χ1v) is 10.2.